The molecule has 1 unspecified atom stereocenters. The van der Waals surface area contributed by atoms with Crippen LogP contribution in [0.15, 0.2) is 0 Å². The molecule has 5 heteroatoms. The van der Waals surface area contributed by atoms with Crippen LogP contribution in [-0.4, -0.2) is 40.2 Å². The second-order valence-corrected chi connectivity index (χ2v) is 6.59. The molecule has 1 N–H and O–H groups in total. The Morgan fingerprint density at radius 2 is 2.17 bits per heavy atom. The zero-order chi connectivity index (χ0) is 8.60. The predicted octanol–water partition coefficient (Wildman–Crippen LogP) is -0.0735. The second-order valence-electron chi connectivity index (χ2n) is 3.37. The summed E-state index contributed by atoms with van der Waals surface area (Å²) in [6.07, 6.45) is 1.21. The van der Waals surface area contributed by atoms with Crippen molar-refractivity contribution in [2.75, 3.05) is 25.1 Å². The van der Waals surface area contributed by atoms with Gasteiger partial charge in [-0.3, -0.25) is 0 Å². The highest BCUT2D eigenvalue weighted by Gasteiger charge is 2.47. The minimum absolute atomic E-state index is 0.156. The van der Waals surface area contributed by atoms with E-state index in [9.17, 15) is 0 Å². The van der Waals surface area contributed by atoms with Crippen LogP contribution >= 0.6 is 23.5 Å². The fraction of sp³-hybridized carbons (Fsp3) is 1.00. The zero-order valence-electron chi connectivity index (χ0n) is 7.12. The first-order valence-electron chi connectivity index (χ1n) is 4.13. The van der Waals surface area contributed by atoms with Gasteiger partial charge in [-0.25, -0.2) is 4.90 Å². The van der Waals surface area contributed by atoms with Gasteiger partial charge in [0.15, 0.2) is 6.17 Å². The van der Waals surface area contributed by atoms with Crippen molar-refractivity contribution < 1.29 is 5.11 Å². The summed E-state index contributed by atoms with van der Waals surface area (Å²) in [7, 11) is 2.06. The molecule has 2 heterocycles. The SMILES string of the molecule is CN1CC2(CC1[NH+]=[N-])SCCS2. The average molecular weight is 203 g/mol. The highest BCUT2D eigenvalue weighted by Crippen LogP contribution is 2.50. The van der Waals surface area contributed by atoms with E-state index in [4.69, 9.17) is 5.53 Å². The first-order valence-corrected chi connectivity index (χ1v) is 6.11. The van der Waals surface area contributed by atoms with Gasteiger partial charge in [-0.2, -0.15) is 0 Å². The van der Waals surface area contributed by atoms with Crippen LogP contribution in [0.2, 0.25) is 0 Å². The maximum atomic E-state index is 8.87. The van der Waals surface area contributed by atoms with E-state index >= 15 is 0 Å². The lowest BCUT2D eigenvalue weighted by Gasteiger charge is -2.18. The van der Waals surface area contributed by atoms with Crippen molar-refractivity contribution in [3.63, 3.8) is 0 Å². The molecule has 2 rings (SSSR count). The highest BCUT2D eigenvalue weighted by molar-refractivity contribution is 8.21. The van der Waals surface area contributed by atoms with Crippen molar-refractivity contribution >= 4 is 23.5 Å². The van der Waals surface area contributed by atoms with Gasteiger partial charge in [0.25, 0.3) is 0 Å². The molecular weight excluding hydrogens is 190 g/mol. The van der Waals surface area contributed by atoms with Crippen molar-refractivity contribution in [3.8, 4) is 0 Å². The van der Waals surface area contributed by atoms with E-state index in [1.165, 1.54) is 11.5 Å². The Kier molecular flexibility index (Phi) is 2.35. The second kappa shape index (κ2) is 3.20. The molecule has 0 aromatic heterocycles. The lowest BCUT2D eigenvalue weighted by Crippen LogP contribution is -2.75. The molecule has 0 aliphatic carbocycles. The minimum Gasteiger partial charge on any atom is -0.507 e. The molecule has 68 valence electrons. The van der Waals surface area contributed by atoms with Gasteiger partial charge < -0.3 is 10.6 Å². The molecule has 0 radical (unpaired) electrons. The van der Waals surface area contributed by atoms with Crippen molar-refractivity contribution in [2.45, 2.75) is 16.7 Å². The Labute approximate surface area is 81.2 Å². The van der Waals surface area contributed by atoms with Crippen LogP contribution < -0.4 is 5.11 Å². The Balaban J connectivity index is 2.08. The highest BCUT2D eigenvalue weighted by atomic mass is 32.2. The summed E-state index contributed by atoms with van der Waals surface area (Å²) in [6, 6.07) is 0. The summed E-state index contributed by atoms with van der Waals surface area (Å²) in [5, 5.41) is 2.36. The number of likely N-dealkylation sites (tertiary alicyclic amines) is 1. The van der Waals surface area contributed by atoms with Crippen LogP contribution in [0, 0.1) is 0 Å². The Hall–Kier alpha value is 0.260. The fourth-order valence-corrected chi connectivity index (χ4v) is 5.24. The molecule has 2 fully saturated rings. The van der Waals surface area contributed by atoms with Crippen LogP contribution in [-0.2, 0) is 0 Å². The van der Waals surface area contributed by atoms with Gasteiger partial charge in [0.1, 0.15) is 0 Å². The largest absolute Gasteiger partial charge is 0.507 e. The molecule has 0 aromatic rings. The van der Waals surface area contributed by atoms with E-state index in [2.05, 4.69) is 17.1 Å². The number of nitrogens with one attached hydrogen (secondary N) is 1. The number of rotatable bonds is 1. The van der Waals surface area contributed by atoms with Gasteiger partial charge >= 0.3 is 0 Å². The Bertz CT molecular complexity index is 191. The molecule has 2 aliphatic rings. The van der Waals surface area contributed by atoms with Crippen LogP contribution in [0.1, 0.15) is 6.42 Å². The van der Waals surface area contributed by atoms with Gasteiger partial charge in [0, 0.05) is 24.5 Å². The summed E-state index contributed by atoms with van der Waals surface area (Å²) in [4.78, 5) is 2.19. The van der Waals surface area contributed by atoms with Crippen LogP contribution in [0.4, 0.5) is 0 Å². The average Bonchev–Trinajstić information content (AvgIpc) is 2.60. The molecule has 3 nitrogen and oxygen atoms in total. The molecule has 0 bridgehead atoms. The lowest BCUT2D eigenvalue weighted by atomic mass is 10.3. The van der Waals surface area contributed by atoms with Crippen LogP contribution in [0.25, 0.3) is 5.53 Å². The van der Waals surface area contributed by atoms with Crippen LogP contribution in [0.5, 0.6) is 0 Å². The first-order chi connectivity index (χ1) is 5.76. The number of nitrogens with zero attached hydrogens (tertiary/aromatic N) is 2. The Morgan fingerprint density at radius 3 is 2.67 bits per heavy atom. The minimum atomic E-state index is 0.156. The van der Waals surface area contributed by atoms with Gasteiger partial charge in [0.05, 0.1) is 4.08 Å². The third kappa shape index (κ3) is 1.38. The normalized spacial score (nSPS) is 34.6. The van der Waals surface area contributed by atoms with Gasteiger partial charge in [-0.15, -0.1) is 23.5 Å². The van der Waals surface area contributed by atoms with E-state index in [1.54, 1.807) is 0 Å². The summed E-state index contributed by atoms with van der Waals surface area (Å²) >= 11 is 4.09. The molecule has 2 saturated heterocycles. The third-order valence-electron chi connectivity index (χ3n) is 2.49. The van der Waals surface area contributed by atoms with Gasteiger partial charge in [-0.1, -0.05) is 0 Å². The van der Waals surface area contributed by atoms with Crippen molar-refractivity contribution in [1.82, 2.24) is 4.90 Å². The molecule has 1 spiro atoms. The number of hydrogen-bond donors (Lipinski definition) is 1. The summed E-state index contributed by atoms with van der Waals surface area (Å²) in [6.45, 7) is 1.08. The molecule has 2 aliphatic heterocycles. The molecule has 0 aromatic carbocycles. The quantitative estimate of drug-likeness (QED) is 0.606. The Morgan fingerprint density at radius 1 is 1.50 bits per heavy atom. The molecule has 0 amide bonds. The lowest BCUT2D eigenvalue weighted by molar-refractivity contribution is -0.548. The molecule has 0 saturated carbocycles. The van der Waals surface area contributed by atoms with Crippen LogP contribution in [0.3, 0.4) is 0 Å². The van der Waals surface area contributed by atoms with E-state index in [-0.39, 0.29) is 6.17 Å². The molecule has 1 atom stereocenters. The van der Waals surface area contributed by atoms with E-state index in [0.29, 0.717) is 4.08 Å². The van der Waals surface area contributed by atoms with E-state index < -0.39 is 0 Å². The van der Waals surface area contributed by atoms with E-state index in [0.717, 1.165) is 13.0 Å². The fourth-order valence-electron chi connectivity index (χ4n) is 1.86. The van der Waals surface area contributed by atoms with Crippen molar-refractivity contribution in [1.29, 1.82) is 0 Å². The molecule has 12 heavy (non-hydrogen) atoms. The van der Waals surface area contributed by atoms with E-state index in [1.807, 2.05) is 23.5 Å². The van der Waals surface area contributed by atoms with Crippen molar-refractivity contribution in [3.05, 3.63) is 5.53 Å². The number of hydrogen-bond acceptors (Lipinski definition) is 3. The maximum absolute atomic E-state index is 8.87. The number of thioether (sulfide) groups is 2. The smallest absolute Gasteiger partial charge is 0.198 e. The predicted molar refractivity (Wildman–Crippen MR) is 53.0 cm³/mol. The third-order valence-corrected chi connectivity index (χ3v) is 5.92. The summed E-state index contributed by atoms with van der Waals surface area (Å²) in [5.74, 6) is 2.52. The first kappa shape index (κ1) is 8.84. The molecular formula is C7H13N3S2. The monoisotopic (exact) mass is 203 g/mol. The maximum Gasteiger partial charge on any atom is 0.198 e. The van der Waals surface area contributed by atoms with Crippen molar-refractivity contribution in [2.24, 2.45) is 0 Å². The van der Waals surface area contributed by atoms with Gasteiger partial charge in [-0.05, 0) is 7.05 Å². The topological polar surface area (TPSA) is 39.5 Å². The zero-order valence-corrected chi connectivity index (χ0v) is 8.75. The van der Waals surface area contributed by atoms with Gasteiger partial charge in [0.2, 0.25) is 0 Å². The summed E-state index contributed by atoms with van der Waals surface area (Å²) < 4.78 is 0.370. The standard InChI is InChI=1S/C7H13N3S2/c1-10-5-7(4-6(10)9-8)11-2-3-12-7/h6,9H,2-5H2,1H3. The summed E-state index contributed by atoms with van der Waals surface area (Å²) in [5.41, 5.74) is 8.87.